The van der Waals surface area contributed by atoms with Gasteiger partial charge in [-0.3, -0.25) is 0 Å². The topological polar surface area (TPSA) is 57.6 Å². The molecule has 1 saturated heterocycles. The van der Waals surface area contributed by atoms with Crippen LogP contribution < -0.4 is 0 Å². The Labute approximate surface area is 110 Å². The first-order valence-electron chi connectivity index (χ1n) is 5.42. The third-order valence-corrected chi connectivity index (χ3v) is 7.05. The minimum Gasteiger partial charge on any atom is -0.391 e. The molecule has 2 heterocycles. The second-order valence-electron chi connectivity index (χ2n) is 3.75. The monoisotopic (exact) mass is 293 g/mol. The normalized spacial score (nSPS) is 19.1. The van der Waals surface area contributed by atoms with Crippen LogP contribution in [0.15, 0.2) is 16.3 Å². The highest BCUT2D eigenvalue weighted by Crippen LogP contribution is 2.26. The molecule has 0 saturated carbocycles. The molecule has 1 aromatic heterocycles. The second-order valence-corrected chi connectivity index (χ2v) is 8.31. The Kier molecular flexibility index (Phi) is 4.48. The molecule has 1 aliphatic rings. The van der Waals surface area contributed by atoms with Crippen LogP contribution in [-0.2, 0) is 16.6 Å². The van der Waals surface area contributed by atoms with Gasteiger partial charge in [0.2, 0.25) is 0 Å². The molecule has 4 nitrogen and oxygen atoms in total. The van der Waals surface area contributed by atoms with Crippen LogP contribution in [-0.4, -0.2) is 42.4 Å². The molecule has 1 aromatic rings. The van der Waals surface area contributed by atoms with Crippen molar-refractivity contribution in [2.24, 2.45) is 0 Å². The maximum atomic E-state index is 12.3. The molecule has 1 fully saturated rings. The summed E-state index contributed by atoms with van der Waals surface area (Å²) in [5.41, 5.74) is 0. The van der Waals surface area contributed by atoms with E-state index in [1.165, 1.54) is 0 Å². The van der Waals surface area contributed by atoms with Gasteiger partial charge in [-0.05, 0) is 24.3 Å². The molecule has 0 unspecified atom stereocenters. The Morgan fingerprint density at radius 2 is 2.12 bits per heavy atom. The van der Waals surface area contributed by atoms with Gasteiger partial charge in [-0.15, -0.1) is 11.3 Å². The third-order valence-electron chi connectivity index (χ3n) is 2.57. The molecule has 96 valence electrons. The van der Waals surface area contributed by atoms with Gasteiger partial charge in [0.25, 0.3) is 10.0 Å². The molecule has 2 rings (SSSR count). The number of hydrogen-bond acceptors (Lipinski definition) is 5. The van der Waals surface area contributed by atoms with Gasteiger partial charge in [-0.1, -0.05) is 0 Å². The van der Waals surface area contributed by atoms with Crippen LogP contribution in [0.4, 0.5) is 0 Å². The summed E-state index contributed by atoms with van der Waals surface area (Å²) in [5.74, 6) is 1.88. The fourth-order valence-electron chi connectivity index (χ4n) is 1.67. The number of hydrogen-bond donors (Lipinski definition) is 1. The smallest absolute Gasteiger partial charge is 0.252 e. The third kappa shape index (κ3) is 3.03. The van der Waals surface area contributed by atoms with Crippen LogP contribution in [0, 0.1) is 0 Å². The summed E-state index contributed by atoms with van der Waals surface area (Å²) in [6.07, 6.45) is 0.905. The molecule has 17 heavy (non-hydrogen) atoms. The quantitative estimate of drug-likeness (QED) is 0.914. The zero-order chi connectivity index (χ0) is 12.3. The predicted molar refractivity (Wildman–Crippen MR) is 70.9 cm³/mol. The van der Waals surface area contributed by atoms with E-state index >= 15 is 0 Å². The highest BCUT2D eigenvalue weighted by atomic mass is 32.2. The van der Waals surface area contributed by atoms with E-state index in [1.807, 2.05) is 0 Å². The van der Waals surface area contributed by atoms with E-state index in [9.17, 15) is 8.42 Å². The SMILES string of the molecule is O=S(=O)(c1ccc(CO)s1)N1CCCSCC1. The van der Waals surface area contributed by atoms with Gasteiger partial charge in [0, 0.05) is 23.7 Å². The zero-order valence-electron chi connectivity index (χ0n) is 9.33. The largest absolute Gasteiger partial charge is 0.391 e. The van der Waals surface area contributed by atoms with Crippen LogP contribution in [0.1, 0.15) is 11.3 Å². The van der Waals surface area contributed by atoms with Crippen LogP contribution >= 0.6 is 23.1 Å². The van der Waals surface area contributed by atoms with Crippen LogP contribution in [0.5, 0.6) is 0 Å². The van der Waals surface area contributed by atoms with Gasteiger partial charge in [0.1, 0.15) is 4.21 Å². The highest BCUT2D eigenvalue weighted by Gasteiger charge is 2.26. The van der Waals surface area contributed by atoms with E-state index in [4.69, 9.17) is 5.11 Å². The molecule has 1 N–H and O–H groups in total. The summed E-state index contributed by atoms with van der Waals surface area (Å²) in [4.78, 5) is 0.688. The molecule has 0 aromatic carbocycles. The fourth-order valence-corrected chi connectivity index (χ4v) is 5.52. The Bertz CT molecular complexity index is 461. The molecule has 0 atom stereocenters. The maximum absolute atomic E-state index is 12.3. The van der Waals surface area contributed by atoms with Gasteiger partial charge in [-0.2, -0.15) is 16.1 Å². The lowest BCUT2D eigenvalue weighted by atomic mass is 10.5. The lowest BCUT2D eigenvalue weighted by Crippen LogP contribution is -2.32. The summed E-state index contributed by atoms with van der Waals surface area (Å²) in [7, 11) is -3.35. The minimum absolute atomic E-state index is 0.101. The van der Waals surface area contributed by atoms with Crippen molar-refractivity contribution in [3.63, 3.8) is 0 Å². The molecule has 0 bridgehead atoms. The van der Waals surface area contributed by atoms with Crippen molar-refractivity contribution in [1.82, 2.24) is 4.31 Å². The summed E-state index contributed by atoms with van der Waals surface area (Å²) >= 11 is 2.95. The van der Waals surface area contributed by atoms with Gasteiger partial charge in [0.15, 0.2) is 0 Å². The van der Waals surface area contributed by atoms with Crippen molar-refractivity contribution in [3.8, 4) is 0 Å². The number of rotatable bonds is 3. The first kappa shape index (κ1) is 13.4. The molecule has 0 amide bonds. The van der Waals surface area contributed by atoms with Crippen molar-refractivity contribution in [2.75, 3.05) is 24.6 Å². The van der Waals surface area contributed by atoms with E-state index in [1.54, 1.807) is 28.2 Å². The van der Waals surface area contributed by atoms with E-state index in [-0.39, 0.29) is 6.61 Å². The van der Waals surface area contributed by atoms with E-state index in [2.05, 4.69) is 0 Å². The average molecular weight is 293 g/mol. The second kappa shape index (κ2) is 5.71. The minimum atomic E-state index is -3.35. The van der Waals surface area contributed by atoms with Gasteiger partial charge >= 0.3 is 0 Å². The number of aliphatic hydroxyl groups excluding tert-OH is 1. The van der Waals surface area contributed by atoms with E-state index in [0.29, 0.717) is 22.2 Å². The molecule has 0 aliphatic carbocycles. The molecule has 0 spiro atoms. The highest BCUT2D eigenvalue weighted by molar-refractivity contribution is 7.99. The Hall–Kier alpha value is -0.0800. The van der Waals surface area contributed by atoms with Crippen molar-refractivity contribution < 1.29 is 13.5 Å². The standard InChI is InChI=1S/C10H15NO3S3/c12-8-9-2-3-10(16-9)17(13,14)11-4-1-6-15-7-5-11/h2-3,12H,1,4-8H2. The number of sulfonamides is 1. The van der Waals surface area contributed by atoms with Crippen molar-refractivity contribution in [1.29, 1.82) is 0 Å². The Balaban J connectivity index is 2.22. The summed E-state index contributed by atoms with van der Waals surface area (Å²) in [6.45, 7) is 1.08. The first-order valence-corrected chi connectivity index (χ1v) is 8.83. The Morgan fingerprint density at radius 1 is 1.29 bits per heavy atom. The summed E-state index contributed by atoms with van der Waals surface area (Å²) in [5, 5.41) is 8.97. The fraction of sp³-hybridized carbons (Fsp3) is 0.600. The maximum Gasteiger partial charge on any atom is 0.252 e. The number of nitrogens with zero attached hydrogens (tertiary/aromatic N) is 1. The van der Waals surface area contributed by atoms with Crippen molar-refractivity contribution in [2.45, 2.75) is 17.2 Å². The molecule has 0 radical (unpaired) electrons. The summed E-state index contributed by atoms with van der Waals surface area (Å²) in [6, 6.07) is 3.26. The van der Waals surface area contributed by atoms with Gasteiger partial charge in [0.05, 0.1) is 6.61 Å². The molecular formula is C10H15NO3S3. The van der Waals surface area contributed by atoms with Crippen LogP contribution in [0.2, 0.25) is 0 Å². The lowest BCUT2D eigenvalue weighted by Gasteiger charge is -2.18. The zero-order valence-corrected chi connectivity index (χ0v) is 11.8. The van der Waals surface area contributed by atoms with Crippen molar-refractivity contribution in [3.05, 3.63) is 17.0 Å². The Morgan fingerprint density at radius 3 is 2.82 bits per heavy atom. The van der Waals surface area contributed by atoms with E-state index in [0.717, 1.165) is 29.3 Å². The lowest BCUT2D eigenvalue weighted by molar-refractivity contribution is 0.285. The van der Waals surface area contributed by atoms with Gasteiger partial charge < -0.3 is 5.11 Å². The number of thioether (sulfide) groups is 1. The number of aliphatic hydroxyl groups is 1. The average Bonchev–Trinajstić information content (AvgIpc) is 2.64. The summed E-state index contributed by atoms with van der Waals surface area (Å²) < 4.78 is 26.5. The first-order chi connectivity index (χ1) is 8.14. The molecule has 7 heteroatoms. The van der Waals surface area contributed by atoms with Crippen LogP contribution in [0.3, 0.4) is 0 Å². The number of thiophene rings is 1. The van der Waals surface area contributed by atoms with E-state index < -0.39 is 10.0 Å². The molecular weight excluding hydrogens is 278 g/mol. The molecule has 1 aliphatic heterocycles. The van der Waals surface area contributed by atoms with Crippen molar-refractivity contribution >= 4 is 33.1 Å². The van der Waals surface area contributed by atoms with Gasteiger partial charge in [-0.25, -0.2) is 8.42 Å². The van der Waals surface area contributed by atoms with Crippen LogP contribution in [0.25, 0.3) is 0 Å². The predicted octanol–water partition coefficient (Wildman–Crippen LogP) is 1.37.